The van der Waals surface area contributed by atoms with E-state index in [4.69, 9.17) is 30.1 Å². The summed E-state index contributed by atoms with van der Waals surface area (Å²) in [6, 6.07) is 32.2. The number of H-pyrrole nitrogens is 4. The van der Waals surface area contributed by atoms with Gasteiger partial charge in [-0.25, -0.2) is 29.5 Å². The molecule has 0 radical (unpaired) electrons. The summed E-state index contributed by atoms with van der Waals surface area (Å²) in [6.45, 7) is 9.10. The van der Waals surface area contributed by atoms with Gasteiger partial charge in [0.1, 0.15) is 0 Å². The fraction of sp³-hybridized carbons (Fsp3) is 0.400. The first-order chi connectivity index (χ1) is 45.0. The third-order valence-corrected chi connectivity index (χ3v) is 17.5. The molecule has 6 aromatic heterocycles. The number of fused-ring (bicyclic) bond motifs is 16. The van der Waals surface area contributed by atoms with Gasteiger partial charge in [0.25, 0.3) is 0 Å². The van der Waals surface area contributed by atoms with Crippen molar-refractivity contribution >= 4 is 105 Å². The molecule has 1 aromatic carbocycles. The Morgan fingerprint density at radius 2 is 0.500 bits per heavy atom. The molecular formula is C80H98N8O4. The largest absolute Gasteiger partial charge is 0.478 e. The van der Waals surface area contributed by atoms with Crippen LogP contribution < -0.4 is 0 Å². The van der Waals surface area contributed by atoms with E-state index in [0.29, 0.717) is 0 Å². The Bertz CT molecular complexity index is 3570. The fourth-order valence-corrected chi connectivity index (χ4v) is 12.5. The Morgan fingerprint density at radius 1 is 0.293 bits per heavy atom. The van der Waals surface area contributed by atoms with Crippen LogP contribution in [0.5, 0.6) is 0 Å². The molecule has 0 spiro atoms. The zero-order valence-electron chi connectivity index (χ0n) is 55.2. The van der Waals surface area contributed by atoms with E-state index in [9.17, 15) is 9.59 Å². The predicted octanol–water partition coefficient (Wildman–Crippen LogP) is 22.0. The molecule has 12 nitrogen and oxygen atoms in total. The third-order valence-electron chi connectivity index (χ3n) is 17.5. The highest BCUT2D eigenvalue weighted by Gasteiger charge is 2.15. The quantitative estimate of drug-likeness (QED) is 0.0240. The predicted molar refractivity (Wildman–Crippen MR) is 386 cm³/mol. The summed E-state index contributed by atoms with van der Waals surface area (Å²) in [6.07, 6.45) is 52.7. The van der Waals surface area contributed by atoms with Crippen LogP contribution in [-0.2, 0) is 25.7 Å². The molecule has 4 aliphatic rings. The number of hydrogen-bond donors (Lipinski definition) is 6. The van der Waals surface area contributed by atoms with E-state index in [2.05, 4.69) is 169 Å². The summed E-state index contributed by atoms with van der Waals surface area (Å²) < 4.78 is 0. The van der Waals surface area contributed by atoms with E-state index in [1.807, 2.05) is 0 Å². The summed E-state index contributed by atoms with van der Waals surface area (Å²) in [5, 5.41) is 17.1. The average Bonchev–Trinajstić information content (AvgIpc) is 1.72. The van der Waals surface area contributed by atoms with Gasteiger partial charge >= 0.3 is 11.9 Å². The maximum absolute atomic E-state index is 10.5. The first kappa shape index (κ1) is 67.7. The summed E-state index contributed by atoms with van der Waals surface area (Å²) in [5.74, 6) is -2.46. The van der Waals surface area contributed by atoms with Gasteiger partial charge in [-0.15, -0.1) is 0 Å². The molecule has 0 amide bonds. The molecule has 92 heavy (non-hydrogen) atoms. The van der Waals surface area contributed by atoms with Crippen molar-refractivity contribution in [3.63, 3.8) is 0 Å². The average molecular weight is 1240 g/mol. The van der Waals surface area contributed by atoms with Crippen LogP contribution in [0.4, 0.5) is 0 Å². The zero-order chi connectivity index (χ0) is 64.3. The van der Waals surface area contributed by atoms with Gasteiger partial charge in [0.05, 0.1) is 56.7 Å². The Labute approximate surface area is 545 Å². The van der Waals surface area contributed by atoms with E-state index >= 15 is 0 Å². The summed E-state index contributed by atoms with van der Waals surface area (Å²) in [5.41, 5.74) is 22.1. The molecule has 0 unspecified atom stereocenters. The van der Waals surface area contributed by atoms with Gasteiger partial charge in [-0.1, -0.05) is 168 Å². The minimum absolute atomic E-state index is 0.190. The summed E-state index contributed by atoms with van der Waals surface area (Å²) in [4.78, 5) is 55.3. The number of aromatic carboxylic acids is 2. The number of nitrogens with one attached hydrogen (secondary N) is 4. The van der Waals surface area contributed by atoms with Crippen molar-refractivity contribution in [3.05, 3.63) is 176 Å². The molecule has 0 atom stereocenters. The fourth-order valence-electron chi connectivity index (χ4n) is 12.5. The van der Waals surface area contributed by atoms with E-state index < -0.39 is 11.9 Å². The number of hydrogen-bond acceptors (Lipinski definition) is 6. The SMILES string of the molecule is CCCCCCCCc1cc2cc3nc(cc4[nH]c(cc5nc(cc1[nH]2)C=C5)cc4CCCCCCCC)C=C3.CCCCCCCCc1cc2cc3nc(cc4[nH]c(cc5nc(cc1[nH]2)C=C5)cc4CCCCCCCC)C=C3.O=C(O)c1ccccc1C(=O)O. The molecule has 10 heterocycles. The molecule has 16 bridgehead atoms. The maximum Gasteiger partial charge on any atom is 0.336 e. The number of rotatable bonds is 30. The van der Waals surface area contributed by atoms with E-state index in [0.717, 1.165) is 93.3 Å². The van der Waals surface area contributed by atoms with Gasteiger partial charge in [-0.05, 0) is 207 Å². The van der Waals surface area contributed by atoms with Crippen LogP contribution in [0, 0.1) is 0 Å². The molecule has 11 rings (SSSR count). The number of aromatic nitrogens is 8. The highest BCUT2D eigenvalue weighted by Crippen LogP contribution is 2.27. The van der Waals surface area contributed by atoms with Gasteiger partial charge in [-0.2, -0.15) is 0 Å². The van der Waals surface area contributed by atoms with Crippen molar-refractivity contribution in [2.24, 2.45) is 0 Å². The van der Waals surface area contributed by atoms with E-state index in [1.54, 1.807) is 0 Å². The number of nitrogens with zero attached hydrogens (tertiary/aromatic N) is 4. The van der Waals surface area contributed by atoms with Crippen LogP contribution in [0.1, 0.15) is 270 Å². The van der Waals surface area contributed by atoms with Crippen molar-refractivity contribution in [2.75, 3.05) is 0 Å². The van der Waals surface area contributed by atoms with Crippen LogP contribution >= 0.6 is 0 Å². The van der Waals surface area contributed by atoms with Crippen molar-refractivity contribution < 1.29 is 19.8 Å². The molecule has 482 valence electrons. The van der Waals surface area contributed by atoms with E-state index in [-0.39, 0.29) is 11.1 Å². The molecule has 0 saturated heterocycles. The topological polar surface area (TPSA) is 189 Å². The van der Waals surface area contributed by atoms with Gasteiger partial charge in [-0.3, -0.25) is 0 Å². The molecule has 0 aliphatic carbocycles. The van der Waals surface area contributed by atoms with Crippen molar-refractivity contribution in [1.29, 1.82) is 0 Å². The molecule has 0 fully saturated rings. The first-order valence-electron chi connectivity index (χ1n) is 34.8. The number of unbranched alkanes of at least 4 members (excludes halogenated alkanes) is 20. The normalized spacial score (nSPS) is 12.0. The van der Waals surface area contributed by atoms with Gasteiger partial charge in [0.2, 0.25) is 0 Å². The Balaban J connectivity index is 0.000000184. The maximum atomic E-state index is 10.5. The molecule has 6 N–H and O–H groups in total. The van der Waals surface area contributed by atoms with E-state index in [1.165, 1.54) is 223 Å². The number of carboxylic acids is 2. The second-order valence-electron chi connectivity index (χ2n) is 25.2. The Hall–Kier alpha value is -8.64. The first-order valence-corrected chi connectivity index (χ1v) is 34.8. The van der Waals surface area contributed by atoms with Crippen LogP contribution in [0.15, 0.2) is 97.1 Å². The Kier molecular flexibility index (Phi) is 26.4. The van der Waals surface area contributed by atoms with Gasteiger partial charge in [0.15, 0.2) is 0 Å². The van der Waals surface area contributed by atoms with Gasteiger partial charge < -0.3 is 30.1 Å². The molecule has 0 saturated carbocycles. The van der Waals surface area contributed by atoms with Crippen molar-refractivity contribution in [3.8, 4) is 0 Å². The minimum atomic E-state index is -1.23. The molecule has 4 aliphatic heterocycles. The summed E-state index contributed by atoms with van der Waals surface area (Å²) >= 11 is 0. The minimum Gasteiger partial charge on any atom is -0.478 e. The lowest BCUT2D eigenvalue weighted by molar-refractivity contribution is 0.0651. The molecule has 7 aromatic rings. The zero-order valence-corrected chi connectivity index (χ0v) is 55.2. The summed E-state index contributed by atoms with van der Waals surface area (Å²) in [7, 11) is 0. The second-order valence-corrected chi connectivity index (χ2v) is 25.2. The lowest BCUT2D eigenvalue weighted by Gasteiger charge is -2.00. The standard InChI is InChI=1S/2C36H46N4.C8H6O4/c2*1-3-5-7-9-11-13-15-27-21-33-23-29-18-20-32(38-29)26-36-28(16-14-12-10-8-6-4-2)22-34(40-36)24-30-17-19-31(37-30)25-35(27)39-33;9-7(10)5-3-1-2-4-6(5)8(11)12/h2*17-26,39-40H,3-16H2,1-2H3;1-4H,(H,9,10)(H,11,12). The number of carbonyl (C=O) groups is 2. The number of benzene rings is 1. The molecule has 12 heteroatoms. The van der Waals surface area contributed by atoms with Gasteiger partial charge in [0, 0.05) is 44.1 Å². The lowest BCUT2D eigenvalue weighted by Crippen LogP contribution is -2.06. The molecular weight excluding hydrogens is 1140 g/mol. The Morgan fingerprint density at radius 3 is 0.717 bits per heavy atom. The lowest BCUT2D eigenvalue weighted by atomic mass is 10.1. The van der Waals surface area contributed by atoms with Crippen molar-refractivity contribution in [2.45, 2.75) is 207 Å². The smallest absolute Gasteiger partial charge is 0.336 e. The van der Waals surface area contributed by atoms with Crippen LogP contribution in [0.3, 0.4) is 0 Å². The highest BCUT2D eigenvalue weighted by atomic mass is 16.4. The van der Waals surface area contributed by atoms with Crippen LogP contribution in [-0.4, -0.2) is 62.0 Å². The van der Waals surface area contributed by atoms with Crippen molar-refractivity contribution in [1.82, 2.24) is 39.9 Å². The number of aryl methyl sites for hydroxylation is 4. The van der Waals surface area contributed by atoms with Crippen LogP contribution in [0.25, 0.3) is 92.7 Å². The monoisotopic (exact) mass is 1230 g/mol. The number of aromatic amines is 4. The van der Waals surface area contributed by atoms with Crippen LogP contribution in [0.2, 0.25) is 0 Å². The highest BCUT2D eigenvalue weighted by molar-refractivity contribution is 6.01. The number of carboxylic acid groups (broad SMARTS) is 2. The second kappa shape index (κ2) is 35.8. The third kappa shape index (κ3) is 21.0.